The van der Waals surface area contributed by atoms with E-state index in [1.807, 2.05) is 10.9 Å². The molecule has 1 fully saturated rings. The maximum absolute atomic E-state index is 5.71. The highest BCUT2D eigenvalue weighted by molar-refractivity contribution is 5.01. The van der Waals surface area contributed by atoms with Crippen LogP contribution >= 0.6 is 0 Å². The average molecular weight is 237 g/mol. The number of ether oxygens (including phenoxy) is 1. The fraction of sp³-hybridized carbons (Fsp3) is 0.769. The van der Waals surface area contributed by atoms with E-state index >= 15 is 0 Å². The van der Waals surface area contributed by atoms with E-state index in [4.69, 9.17) is 4.74 Å². The minimum atomic E-state index is -0.0699. The van der Waals surface area contributed by atoms with Crippen molar-refractivity contribution in [2.45, 2.75) is 58.3 Å². The van der Waals surface area contributed by atoms with Crippen molar-refractivity contribution < 1.29 is 4.74 Å². The van der Waals surface area contributed by atoms with Gasteiger partial charge in [0.05, 0.1) is 24.4 Å². The highest BCUT2D eigenvalue weighted by Crippen LogP contribution is 2.19. The van der Waals surface area contributed by atoms with E-state index < -0.39 is 0 Å². The molecule has 0 atom stereocenters. The quantitative estimate of drug-likeness (QED) is 0.822. The van der Waals surface area contributed by atoms with Gasteiger partial charge in [-0.3, -0.25) is 4.68 Å². The van der Waals surface area contributed by atoms with Gasteiger partial charge in [-0.25, -0.2) is 0 Å². The summed E-state index contributed by atoms with van der Waals surface area (Å²) in [5.74, 6) is 0. The Morgan fingerprint density at radius 3 is 2.88 bits per heavy atom. The molecule has 1 aliphatic carbocycles. The first-order valence-electron chi connectivity index (χ1n) is 6.43. The monoisotopic (exact) mass is 237 g/mol. The van der Waals surface area contributed by atoms with Gasteiger partial charge in [0, 0.05) is 18.8 Å². The summed E-state index contributed by atoms with van der Waals surface area (Å²) in [4.78, 5) is 0. The first kappa shape index (κ1) is 12.6. The Morgan fingerprint density at radius 1 is 1.47 bits per heavy atom. The highest BCUT2D eigenvalue weighted by atomic mass is 16.5. The molecule has 0 aromatic carbocycles. The van der Waals surface area contributed by atoms with Crippen molar-refractivity contribution in [3.63, 3.8) is 0 Å². The van der Waals surface area contributed by atoms with E-state index in [0.717, 1.165) is 19.1 Å². The maximum Gasteiger partial charge on any atom is 0.0669 e. The third kappa shape index (κ3) is 4.48. The van der Waals surface area contributed by atoms with Crippen LogP contribution in [0.3, 0.4) is 0 Å². The van der Waals surface area contributed by atoms with Gasteiger partial charge in [-0.05, 0) is 39.7 Å². The molecule has 0 aliphatic heterocycles. The van der Waals surface area contributed by atoms with Crippen LogP contribution in [0.25, 0.3) is 0 Å². The molecule has 0 bridgehead atoms. The molecule has 0 unspecified atom stereocenters. The standard InChI is InChI=1S/C13H23N3O/c1-13(2,3)17-9-8-16-12(6-7-15-16)10-14-11-4-5-11/h6-7,11,14H,4-5,8-10H2,1-3H3. The molecule has 1 aliphatic rings. The predicted octanol–water partition coefficient (Wildman–Crippen LogP) is 1.95. The first-order valence-corrected chi connectivity index (χ1v) is 6.43. The lowest BCUT2D eigenvalue weighted by atomic mass is 10.2. The Balaban J connectivity index is 1.76. The van der Waals surface area contributed by atoms with Gasteiger partial charge in [0.25, 0.3) is 0 Å². The van der Waals surface area contributed by atoms with Crippen LogP contribution in [0.15, 0.2) is 12.3 Å². The lowest BCUT2D eigenvalue weighted by Gasteiger charge is -2.19. The summed E-state index contributed by atoms with van der Waals surface area (Å²) in [5.41, 5.74) is 1.17. The molecule has 1 aromatic rings. The molecular weight excluding hydrogens is 214 g/mol. The summed E-state index contributed by atoms with van der Waals surface area (Å²) >= 11 is 0. The Bertz CT molecular complexity index is 350. The Hall–Kier alpha value is -0.870. The highest BCUT2D eigenvalue weighted by Gasteiger charge is 2.20. The molecule has 0 saturated heterocycles. The van der Waals surface area contributed by atoms with Crippen LogP contribution < -0.4 is 5.32 Å². The molecule has 1 aromatic heterocycles. The van der Waals surface area contributed by atoms with Gasteiger partial charge in [-0.15, -0.1) is 0 Å². The van der Waals surface area contributed by atoms with Crippen molar-refractivity contribution in [3.8, 4) is 0 Å². The first-order chi connectivity index (χ1) is 8.04. The minimum Gasteiger partial charge on any atom is -0.374 e. The van der Waals surface area contributed by atoms with Crippen LogP contribution in [0, 0.1) is 0 Å². The Labute approximate surface area is 103 Å². The lowest BCUT2D eigenvalue weighted by molar-refractivity contribution is -0.00817. The van der Waals surface area contributed by atoms with Crippen LogP contribution in [0.4, 0.5) is 0 Å². The summed E-state index contributed by atoms with van der Waals surface area (Å²) in [7, 11) is 0. The fourth-order valence-electron chi connectivity index (χ4n) is 1.69. The predicted molar refractivity (Wildman–Crippen MR) is 67.8 cm³/mol. The smallest absolute Gasteiger partial charge is 0.0669 e. The van der Waals surface area contributed by atoms with Crippen molar-refractivity contribution >= 4 is 0 Å². The van der Waals surface area contributed by atoms with Crippen molar-refractivity contribution in [1.82, 2.24) is 15.1 Å². The molecule has 1 heterocycles. The fourth-order valence-corrected chi connectivity index (χ4v) is 1.69. The van der Waals surface area contributed by atoms with Gasteiger partial charge in [0.2, 0.25) is 0 Å². The summed E-state index contributed by atoms with van der Waals surface area (Å²) in [6.07, 6.45) is 4.50. The van der Waals surface area contributed by atoms with Gasteiger partial charge in [0.15, 0.2) is 0 Å². The van der Waals surface area contributed by atoms with Crippen molar-refractivity contribution in [2.24, 2.45) is 0 Å². The molecule has 17 heavy (non-hydrogen) atoms. The summed E-state index contributed by atoms with van der Waals surface area (Å²) in [6, 6.07) is 2.82. The molecule has 0 amide bonds. The SMILES string of the molecule is CC(C)(C)OCCn1nccc1CNC1CC1. The van der Waals surface area contributed by atoms with Crippen LogP contribution in [-0.4, -0.2) is 28.0 Å². The summed E-state index contributed by atoms with van der Waals surface area (Å²) in [5, 5.41) is 7.84. The number of hydrogen-bond donors (Lipinski definition) is 1. The minimum absolute atomic E-state index is 0.0699. The van der Waals surface area contributed by atoms with Gasteiger partial charge < -0.3 is 10.1 Å². The molecular formula is C13H23N3O. The van der Waals surface area contributed by atoms with Gasteiger partial charge in [0.1, 0.15) is 0 Å². The number of aromatic nitrogens is 2. The number of nitrogens with zero attached hydrogens (tertiary/aromatic N) is 2. The molecule has 0 spiro atoms. The zero-order chi connectivity index (χ0) is 12.3. The van der Waals surface area contributed by atoms with E-state index in [0.29, 0.717) is 6.61 Å². The molecule has 0 radical (unpaired) electrons. The van der Waals surface area contributed by atoms with Crippen LogP contribution in [0.2, 0.25) is 0 Å². The maximum atomic E-state index is 5.71. The molecule has 1 N–H and O–H groups in total. The second-order valence-electron chi connectivity index (χ2n) is 5.66. The van der Waals surface area contributed by atoms with E-state index in [2.05, 4.69) is 37.3 Å². The van der Waals surface area contributed by atoms with E-state index in [1.54, 1.807) is 0 Å². The van der Waals surface area contributed by atoms with Crippen molar-refractivity contribution in [2.75, 3.05) is 6.61 Å². The van der Waals surface area contributed by atoms with Crippen molar-refractivity contribution in [1.29, 1.82) is 0 Å². The number of hydrogen-bond acceptors (Lipinski definition) is 3. The van der Waals surface area contributed by atoms with Crippen LogP contribution in [-0.2, 0) is 17.8 Å². The van der Waals surface area contributed by atoms with Gasteiger partial charge >= 0.3 is 0 Å². The third-order valence-electron chi connectivity index (χ3n) is 2.79. The lowest BCUT2D eigenvalue weighted by Crippen LogP contribution is -2.24. The molecule has 96 valence electrons. The van der Waals surface area contributed by atoms with Gasteiger partial charge in [-0.1, -0.05) is 0 Å². The normalized spacial score (nSPS) is 16.4. The average Bonchev–Trinajstić information content (AvgIpc) is 2.95. The van der Waals surface area contributed by atoms with Crippen LogP contribution in [0.1, 0.15) is 39.3 Å². The van der Waals surface area contributed by atoms with Gasteiger partial charge in [-0.2, -0.15) is 5.10 Å². The van der Waals surface area contributed by atoms with E-state index in [9.17, 15) is 0 Å². The Kier molecular flexibility index (Phi) is 3.84. The molecule has 4 heteroatoms. The second kappa shape index (κ2) is 5.19. The zero-order valence-electron chi connectivity index (χ0n) is 11.1. The molecule has 1 saturated carbocycles. The third-order valence-corrected chi connectivity index (χ3v) is 2.79. The summed E-state index contributed by atoms with van der Waals surface area (Å²) < 4.78 is 7.74. The topological polar surface area (TPSA) is 39.1 Å². The van der Waals surface area contributed by atoms with Crippen molar-refractivity contribution in [3.05, 3.63) is 18.0 Å². The van der Waals surface area contributed by atoms with Crippen LogP contribution in [0.5, 0.6) is 0 Å². The molecule has 2 rings (SSSR count). The number of rotatable bonds is 6. The molecule has 4 nitrogen and oxygen atoms in total. The van der Waals surface area contributed by atoms with E-state index in [-0.39, 0.29) is 5.60 Å². The second-order valence-corrected chi connectivity index (χ2v) is 5.66. The van der Waals surface area contributed by atoms with E-state index in [1.165, 1.54) is 18.5 Å². The zero-order valence-corrected chi connectivity index (χ0v) is 11.1. The number of nitrogens with one attached hydrogen (secondary N) is 1. The summed E-state index contributed by atoms with van der Waals surface area (Å²) in [6.45, 7) is 8.68. The largest absolute Gasteiger partial charge is 0.374 e. The Morgan fingerprint density at radius 2 is 2.24 bits per heavy atom.